The Bertz CT molecular complexity index is 573. The number of rotatable bonds is 1. The fourth-order valence-corrected chi connectivity index (χ4v) is 2.27. The van der Waals surface area contributed by atoms with Crippen molar-refractivity contribution >= 4 is 34.2 Å². The summed E-state index contributed by atoms with van der Waals surface area (Å²) in [4.78, 5) is 8.33. The summed E-state index contributed by atoms with van der Waals surface area (Å²) < 4.78 is 12.9. The Morgan fingerprint density at radius 3 is 2.75 bits per heavy atom. The maximum Gasteiger partial charge on any atom is 0.131 e. The molecule has 0 radical (unpaired) electrons. The number of nitrogens with zero attached hydrogens (tertiary/aromatic N) is 2. The van der Waals surface area contributed by atoms with Crippen LogP contribution in [-0.4, -0.2) is 16.1 Å². The van der Waals surface area contributed by atoms with Gasteiger partial charge in [-0.1, -0.05) is 23.2 Å². The number of hydrogen-bond donors (Lipinski definition) is 0. The smallest absolute Gasteiger partial charge is 0.131 e. The van der Waals surface area contributed by atoms with E-state index in [0.29, 0.717) is 27.6 Å². The van der Waals surface area contributed by atoms with Gasteiger partial charge in [-0.05, 0) is 24.1 Å². The summed E-state index contributed by atoms with van der Waals surface area (Å²) in [5, 5.41) is 0.790. The molecule has 0 saturated heterocycles. The molecule has 1 saturated carbocycles. The molecule has 5 heteroatoms. The number of aromatic nitrogens is 2. The Morgan fingerprint density at radius 1 is 1.31 bits per heavy atom. The molecule has 82 valence electrons. The molecule has 1 aliphatic carbocycles. The second kappa shape index (κ2) is 3.54. The standard InChI is InChI=1S/C11H7Cl2FN2/c12-7-3-10(13)16-9-1-5(4-15-11(7)9)6-2-8(6)14/h1,3-4,6,8H,2H2. The van der Waals surface area contributed by atoms with Gasteiger partial charge in [-0.3, -0.25) is 4.98 Å². The predicted octanol–water partition coefficient (Wildman–Crippen LogP) is 3.76. The summed E-state index contributed by atoms with van der Waals surface area (Å²) >= 11 is 11.8. The van der Waals surface area contributed by atoms with Gasteiger partial charge in [0.25, 0.3) is 0 Å². The Balaban J connectivity index is 2.17. The van der Waals surface area contributed by atoms with Crippen molar-refractivity contribution in [2.75, 3.05) is 0 Å². The van der Waals surface area contributed by atoms with Crippen LogP contribution in [0.4, 0.5) is 4.39 Å². The first-order valence-electron chi connectivity index (χ1n) is 4.91. The van der Waals surface area contributed by atoms with E-state index in [1.165, 1.54) is 0 Å². The first-order valence-corrected chi connectivity index (χ1v) is 5.66. The minimum atomic E-state index is -0.742. The summed E-state index contributed by atoms with van der Waals surface area (Å²) in [5.41, 5.74) is 2.09. The van der Waals surface area contributed by atoms with Gasteiger partial charge in [0.05, 0.1) is 10.5 Å². The van der Waals surface area contributed by atoms with Crippen LogP contribution in [0.1, 0.15) is 17.9 Å². The third-order valence-corrected chi connectivity index (χ3v) is 3.21. The van der Waals surface area contributed by atoms with Gasteiger partial charge >= 0.3 is 0 Å². The van der Waals surface area contributed by atoms with Gasteiger partial charge in [0.2, 0.25) is 0 Å². The van der Waals surface area contributed by atoms with E-state index < -0.39 is 6.17 Å². The topological polar surface area (TPSA) is 25.8 Å². The molecule has 0 amide bonds. The van der Waals surface area contributed by atoms with E-state index in [-0.39, 0.29) is 5.92 Å². The lowest BCUT2D eigenvalue weighted by atomic mass is 10.1. The Labute approximate surface area is 101 Å². The Morgan fingerprint density at radius 2 is 2.06 bits per heavy atom. The first kappa shape index (κ1) is 10.2. The Kier molecular flexibility index (Phi) is 2.26. The molecule has 0 N–H and O–H groups in total. The zero-order chi connectivity index (χ0) is 11.3. The van der Waals surface area contributed by atoms with Crippen molar-refractivity contribution in [2.24, 2.45) is 0 Å². The van der Waals surface area contributed by atoms with Crippen molar-refractivity contribution in [3.05, 3.63) is 34.1 Å². The molecular weight excluding hydrogens is 250 g/mol. The second-order valence-electron chi connectivity index (χ2n) is 3.92. The van der Waals surface area contributed by atoms with Crippen molar-refractivity contribution in [3.63, 3.8) is 0 Å². The third kappa shape index (κ3) is 1.64. The highest BCUT2D eigenvalue weighted by Crippen LogP contribution is 2.43. The third-order valence-electron chi connectivity index (χ3n) is 2.73. The predicted molar refractivity (Wildman–Crippen MR) is 61.8 cm³/mol. The molecule has 3 rings (SSSR count). The highest BCUT2D eigenvalue weighted by Gasteiger charge is 2.39. The average molecular weight is 257 g/mol. The van der Waals surface area contributed by atoms with Gasteiger partial charge in [0, 0.05) is 12.1 Å². The molecule has 2 unspecified atom stereocenters. The van der Waals surface area contributed by atoms with Gasteiger partial charge < -0.3 is 0 Å². The lowest BCUT2D eigenvalue weighted by Gasteiger charge is -2.02. The molecule has 1 fully saturated rings. The summed E-state index contributed by atoms with van der Waals surface area (Å²) in [6, 6.07) is 3.36. The van der Waals surface area contributed by atoms with Crippen LogP contribution in [0.3, 0.4) is 0 Å². The summed E-state index contributed by atoms with van der Waals surface area (Å²) in [7, 11) is 0. The van der Waals surface area contributed by atoms with Crippen LogP contribution >= 0.6 is 23.2 Å². The van der Waals surface area contributed by atoms with Crippen molar-refractivity contribution in [1.29, 1.82) is 0 Å². The number of fused-ring (bicyclic) bond motifs is 1. The normalized spacial score (nSPS) is 23.7. The van der Waals surface area contributed by atoms with Gasteiger partial charge in [-0.15, -0.1) is 0 Å². The van der Waals surface area contributed by atoms with E-state index >= 15 is 0 Å². The lowest BCUT2D eigenvalue weighted by molar-refractivity contribution is 0.468. The maximum atomic E-state index is 12.9. The maximum absolute atomic E-state index is 12.9. The van der Waals surface area contributed by atoms with E-state index in [1.807, 2.05) is 6.07 Å². The molecule has 0 aliphatic heterocycles. The molecular formula is C11H7Cl2FN2. The van der Waals surface area contributed by atoms with Crippen LogP contribution < -0.4 is 0 Å². The van der Waals surface area contributed by atoms with Crippen LogP contribution in [-0.2, 0) is 0 Å². The molecule has 0 bridgehead atoms. The number of hydrogen-bond acceptors (Lipinski definition) is 2. The van der Waals surface area contributed by atoms with Gasteiger partial charge in [-0.2, -0.15) is 0 Å². The number of halogens is 3. The second-order valence-corrected chi connectivity index (χ2v) is 4.72. The summed E-state index contributed by atoms with van der Waals surface area (Å²) in [5.74, 6) is -0.0311. The SMILES string of the molecule is FC1CC1c1cnc2c(Cl)cc(Cl)nc2c1. The van der Waals surface area contributed by atoms with Crippen LogP contribution in [0.15, 0.2) is 18.3 Å². The number of pyridine rings is 2. The molecule has 2 aromatic heterocycles. The highest BCUT2D eigenvalue weighted by atomic mass is 35.5. The minimum Gasteiger partial charge on any atom is -0.253 e. The monoisotopic (exact) mass is 256 g/mol. The van der Waals surface area contributed by atoms with E-state index in [1.54, 1.807) is 12.3 Å². The fraction of sp³-hybridized carbons (Fsp3) is 0.273. The molecule has 0 spiro atoms. The highest BCUT2D eigenvalue weighted by molar-refractivity contribution is 6.37. The lowest BCUT2D eigenvalue weighted by Crippen LogP contribution is -1.90. The van der Waals surface area contributed by atoms with E-state index in [4.69, 9.17) is 23.2 Å². The zero-order valence-electron chi connectivity index (χ0n) is 8.12. The van der Waals surface area contributed by atoms with Crippen molar-refractivity contribution < 1.29 is 4.39 Å². The Hall–Kier alpha value is -0.930. The molecule has 2 nitrogen and oxygen atoms in total. The van der Waals surface area contributed by atoms with Crippen LogP contribution in [0.25, 0.3) is 11.0 Å². The van der Waals surface area contributed by atoms with Crippen LogP contribution in [0, 0.1) is 0 Å². The van der Waals surface area contributed by atoms with Gasteiger partial charge in [-0.25, -0.2) is 9.37 Å². The van der Waals surface area contributed by atoms with Gasteiger partial charge in [0.1, 0.15) is 16.8 Å². The van der Waals surface area contributed by atoms with E-state index in [9.17, 15) is 4.39 Å². The van der Waals surface area contributed by atoms with E-state index in [0.717, 1.165) is 5.56 Å². The van der Waals surface area contributed by atoms with E-state index in [2.05, 4.69) is 9.97 Å². The van der Waals surface area contributed by atoms with Crippen molar-refractivity contribution in [3.8, 4) is 0 Å². The fourth-order valence-electron chi connectivity index (χ4n) is 1.77. The quantitative estimate of drug-likeness (QED) is 0.727. The molecule has 2 atom stereocenters. The zero-order valence-corrected chi connectivity index (χ0v) is 9.63. The minimum absolute atomic E-state index is 0.0311. The van der Waals surface area contributed by atoms with Crippen molar-refractivity contribution in [2.45, 2.75) is 18.5 Å². The molecule has 16 heavy (non-hydrogen) atoms. The largest absolute Gasteiger partial charge is 0.253 e. The van der Waals surface area contributed by atoms with Crippen molar-refractivity contribution in [1.82, 2.24) is 9.97 Å². The first-order chi connectivity index (χ1) is 7.65. The molecule has 2 aromatic rings. The molecule has 1 aliphatic rings. The molecule has 0 aromatic carbocycles. The van der Waals surface area contributed by atoms with Crippen LogP contribution in [0.2, 0.25) is 10.2 Å². The summed E-state index contributed by atoms with van der Waals surface area (Å²) in [6.07, 6.45) is 1.49. The summed E-state index contributed by atoms with van der Waals surface area (Å²) in [6.45, 7) is 0. The molecule has 2 heterocycles. The van der Waals surface area contributed by atoms with Crippen LogP contribution in [0.5, 0.6) is 0 Å². The van der Waals surface area contributed by atoms with Gasteiger partial charge in [0.15, 0.2) is 0 Å². The average Bonchev–Trinajstić information content (AvgIpc) is 2.94. The number of alkyl halides is 1.